The molecule has 0 fully saturated rings. The zero-order chi connectivity index (χ0) is 14.3. The molecule has 3 rings (SSSR count). The monoisotopic (exact) mass is 276 g/mol. The number of carbonyl (C=O) groups is 1. The van der Waals surface area contributed by atoms with E-state index in [-0.39, 0.29) is 17.4 Å². The first-order valence-electron chi connectivity index (χ1n) is 6.60. The molecule has 0 saturated heterocycles. The number of nitrogens with one attached hydrogen (secondary N) is 2. The lowest BCUT2D eigenvalue weighted by atomic mass is 10.1. The van der Waals surface area contributed by atoms with Crippen LogP contribution in [0.5, 0.6) is 0 Å². The third-order valence-corrected chi connectivity index (χ3v) is 3.55. The van der Waals surface area contributed by atoms with Crippen LogP contribution < -0.4 is 5.56 Å². The third-order valence-electron chi connectivity index (χ3n) is 3.55. The van der Waals surface area contributed by atoms with Crippen molar-refractivity contribution in [1.29, 1.82) is 0 Å². The maximum Gasteiger partial charge on any atom is 0.276 e. The molecule has 2 aromatic heterocycles. The summed E-state index contributed by atoms with van der Waals surface area (Å²) in [6, 6.07) is 1.68. The lowest BCUT2D eigenvalue weighted by molar-refractivity contribution is 0.0721. The van der Waals surface area contributed by atoms with E-state index in [1.807, 2.05) is 13.8 Å². The molecule has 0 atom stereocenters. The van der Waals surface area contributed by atoms with E-state index in [1.165, 1.54) is 0 Å². The van der Waals surface area contributed by atoms with Crippen LogP contribution in [0.15, 0.2) is 15.4 Å². The summed E-state index contributed by atoms with van der Waals surface area (Å²) in [5.41, 5.74) is 1.71. The average molecular weight is 276 g/mol. The minimum absolute atomic E-state index is 0.101. The van der Waals surface area contributed by atoms with Crippen molar-refractivity contribution < 1.29 is 9.32 Å². The standard InChI is InChI=1S/C13H16N4O3/c1-7(2)11-5-9(16-20-11)13(19)17-4-3-8-10(6-17)14-15-12(8)18/h5,7H,3-4,6H2,1-2H3,(H2,14,15,18). The number of aromatic amines is 2. The number of hydrogen-bond acceptors (Lipinski definition) is 4. The van der Waals surface area contributed by atoms with E-state index >= 15 is 0 Å². The highest BCUT2D eigenvalue weighted by Crippen LogP contribution is 2.19. The van der Waals surface area contributed by atoms with E-state index in [1.54, 1.807) is 11.0 Å². The first-order chi connectivity index (χ1) is 9.56. The van der Waals surface area contributed by atoms with Crippen molar-refractivity contribution in [3.63, 3.8) is 0 Å². The molecule has 0 aliphatic carbocycles. The molecule has 0 aromatic carbocycles. The summed E-state index contributed by atoms with van der Waals surface area (Å²) < 4.78 is 5.15. The van der Waals surface area contributed by atoms with Crippen molar-refractivity contribution in [3.05, 3.63) is 39.1 Å². The first kappa shape index (κ1) is 12.7. The second-order valence-electron chi connectivity index (χ2n) is 5.28. The van der Waals surface area contributed by atoms with Crippen LogP contribution in [0.25, 0.3) is 0 Å². The van der Waals surface area contributed by atoms with Crippen LogP contribution in [0.4, 0.5) is 0 Å². The topological polar surface area (TPSA) is 95.0 Å². The van der Waals surface area contributed by atoms with E-state index < -0.39 is 0 Å². The van der Waals surface area contributed by atoms with Crippen molar-refractivity contribution in [1.82, 2.24) is 20.3 Å². The van der Waals surface area contributed by atoms with Gasteiger partial charge in [-0.05, 0) is 6.42 Å². The zero-order valence-corrected chi connectivity index (χ0v) is 11.4. The average Bonchev–Trinajstić information content (AvgIpc) is 3.05. The number of aromatic nitrogens is 3. The van der Waals surface area contributed by atoms with Crippen molar-refractivity contribution in [2.75, 3.05) is 6.54 Å². The van der Waals surface area contributed by atoms with Gasteiger partial charge >= 0.3 is 0 Å². The van der Waals surface area contributed by atoms with Crippen molar-refractivity contribution in [2.45, 2.75) is 32.7 Å². The van der Waals surface area contributed by atoms with Crippen LogP contribution in [-0.4, -0.2) is 32.7 Å². The minimum atomic E-state index is -0.173. The van der Waals surface area contributed by atoms with Gasteiger partial charge in [0.05, 0.1) is 12.2 Å². The Bertz CT molecular complexity index is 695. The molecule has 0 spiro atoms. The lowest BCUT2D eigenvalue weighted by Crippen LogP contribution is -2.37. The molecule has 0 unspecified atom stereocenters. The summed E-state index contributed by atoms with van der Waals surface area (Å²) >= 11 is 0. The predicted octanol–water partition coefficient (Wildman–Crippen LogP) is 1.01. The highest BCUT2D eigenvalue weighted by molar-refractivity contribution is 5.92. The van der Waals surface area contributed by atoms with Crippen molar-refractivity contribution >= 4 is 5.91 Å². The summed E-state index contributed by atoms with van der Waals surface area (Å²) in [5.74, 6) is 0.715. The Balaban J connectivity index is 1.80. The molecule has 0 saturated carbocycles. The van der Waals surface area contributed by atoms with Gasteiger partial charge in [-0.1, -0.05) is 19.0 Å². The Hall–Kier alpha value is -2.31. The molecule has 106 valence electrons. The molecule has 2 aromatic rings. The summed E-state index contributed by atoms with van der Waals surface area (Å²) in [7, 11) is 0. The second-order valence-corrected chi connectivity index (χ2v) is 5.28. The van der Waals surface area contributed by atoms with E-state index in [2.05, 4.69) is 15.4 Å². The molecular weight excluding hydrogens is 260 g/mol. The van der Waals surface area contributed by atoms with Crippen LogP contribution in [0.3, 0.4) is 0 Å². The summed E-state index contributed by atoms with van der Waals surface area (Å²) in [6.45, 7) is 4.85. The SMILES string of the molecule is CC(C)c1cc(C(=O)N2CCc3c([nH][nH]c3=O)C2)no1. The van der Waals surface area contributed by atoms with Gasteiger partial charge in [0.1, 0.15) is 5.76 Å². The van der Waals surface area contributed by atoms with Gasteiger partial charge in [-0.25, -0.2) is 0 Å². The van der Waals surface area contributed by atoms with Gasteiger partial charge in [-0.3, -0.25) is 14.7 Å². The van der Waals surface area contributed by atoms with E-state index in [4.69, 9.17) is 4.52 Å². The van der Waals surface area contributed by atoms with Crippen LogP contribution in [-0.2, 0) is 13.0 Å². The molecule has 2 N–H and O–H groups in total. The van der Waals surface area contributed by atoms with Crippen molar-refractivity contribution in [3.8, 4) is 0 Å². The van der Waals surface area contributed by atoms with Gasteiger partial charge in [0.2, 0.25) is 0 Å². The first-order valence-corrected chi connectivity index (χ1v) is 6.60. The number of carbonyl (C=O) groups excluding carboxylic acids is 1. The Morgan fingerprint density at radius 1 is 1.45 bits per heavy atom. The second kappa shape index (κ2) is 4.66. The summed E-state index contributed by atoms with van der Waals surface area (Å²) in [4.78, 5) is 25.5. The van der Waals surface area contributed by atoms with Gasteiger partial charge in [-0.15, -0.1) is 0 Å². The van der Waals surface area contributed by atoms with Crippen LogP contribution in [0, 0.1) is 0 Å². The molecule has 1 aliphatic rings. The number of hydrogen-bond donors (Lipinski definition) is 2. The molecular formula is C13H16N4O3. The Kier molecular flexibility index (Phi) is 2.96. The largest absolute Gasteiger partial charge is 0.360 e. The fourth-order valence-electron chi connectivity index (χ4n) is 2.33. The van der Waals surface area contributed by atoms with Gasteiger partial charge in [0.25, 0.3) is 11.5 Å². The van der Waals surface area contributed by atoms with Crippen LogP contribution in [0.1, 0.15) is 47.3 Å². The fourth-order valence-corrected chi connectivity index (χ4v) is 2.33. The highest BCUT2D eigenvalue weighted by Gasteiger charge is 2.26. The quantitative estimate of drug-likeness (QED) is 0.855. The van der Waals surface area contributed by atoms with Crippen LogP contribution >= 0.6 is 0 Å². The molecule has 0 radical (unpaired) electrons. The molecule has 7 heteroatoms. The number of nitrogens with zero attached hydrogens (tertiary/aromatic N) is 2. The summed E-state index contributed by atoms with van der Waals surface area (Å²) in [5, 5.41) is 9.18. The lowest BCUT2D eigenvalue weighted by Gasteiger charge is -2.25. The third kappa shape index (κ3) is 2.04. The highest BCUT2D eigenvalue weighted by atomic mass is 16.5. The van der Waals surface area contributed by atoms with Crippen molar-refractivity contribution in [2.24, 2.45) is 0 Å². The van der Waals surface area contributed by atoms with Gasteiger partial charge in [0, 0.05) is 24.1 Å². The predicted molar refractivity (Wildman–Crippen MR) is 70.4 cm³/mol. The number of rotatable bonds is 2. The smallest absolute Gasteiger partial charge is 0.276 e. The zero-order valence-electron chi connectivity index (χ0n) is 11.4. The minimum Gasteiger partial charge on any atom is -0.360 e. The normalized spacial score (nSPS) is 14.7. The van der Waals surface area contributed by atoms with E-state index in [0.29, 0.717) is 31.0 Å². The van der Waals surface area contributed by atoms with Crippen LogP contribution in [0.2, 0.25) is 0 Å². The fraction of sp³-hybridized carbons (Fsp3) is 0.462. The molecule has 0 bridgehead atoms. The number of amides is 1. The van der Waals surface area contributed by atoms with Gasteiger partial charge < -0.3 is 14.5 Å². The van der Waals surface area contributed by atoms with E-state index in [9.17, 15) is 9.59 Å². The van der Waals surface area contributed by atoms with Gasteiger partial charge in [-0.2, -0.15) is 0 Å². The van der Waals surface area contributed by atoms with Gasteiger partial charge in [0.15, 0.2) is 5.69 Å². The maximum atomic E-state index is 12.4. The van der Waals surface area contributed by atoms with E-state index in [0.717, 1.165) is 11.3 Å². The number of fused-ring (bicyclic) bond motifs is 1. The molecule has 1 amide bonds. The Labute approximate surface area is 114 Å². The molecule has 3 heterocycles. The maximum absolute atomic E-state index is 12.4. The molecule has 7 nitrogen and oxygen atoms in total. The molecule has 1 aliphatic heterocycles. The molecule has 20 heavy (non-hydrogen) atoms. The number of H-pyrrole nitrogens is 2. The Morgan fingerprint density at radius 3 is 2.95 bits per heavy atom. The summed E-state index contributed by atoms with van der Waals surface area (Å²) in [6.07, 6.45) is 0.550. The Morgan fingerprint density at radius 2 is 2.25 bits per heavy atom.